The first-order valence-electron chi connectivity index (χ1n) is 12.3. The van der Waals surface area contributed by atoms with Crippen LogP contribution in [0.3, 0.4) is 0 Å². The number of amides is 2. The molecule has 3 aliphatic heterocycles. The van der Waals surface area contributed by atoms with Gasteiger partial charge in [0.2, 0.25) is 11.8 Å². The van der Waals surface area contributed by atoms with Gasteiger partial charge in [0.15, 0.2) is 0 Å². The van der Waals surface area contributed by atoms with Crippen LogP contribution in [-0.2, 0) is 25.5 Å². The van der Waals surface area contributed by atoms with Gasteiger partial charge in [0.05, 0.1) is 36.7 Å². The zero-order valence-corrected chi connectivity index (χ0v) is 19.9. The fraction of sp³-hybridized carbons (Fsp3) is 0.321. The molecule has 184 valence electrons. The summed E-state index contributed by atoms with van der Waals surface area (Å²) in [4.78, 5) is 44.1. The molecule has 8 nitrogen and oxygen atoms in total. The number of hydrogen-bond acceptors (Lipinski definition) is 5. The lowest BCUT2D eigenvalue weighted by molar-refractivity contribution is -0.135. The van der Waals surface area contributed by atoms with Gasteiger partial charge in [-0.3, -0.25) is 9.59 Å². The number of carbonyl (C=O) groups excluding carboxylic acids is 3. The molecule has 0 aliphatic carbocycles. The minimum atomic E-state index is -0.767. The van der Waals surface area contributed by atoms with E-state index in [0.29, 0.717) is 30.8 Å². The quantitative estimate of drug-likeness (QED) is 0.395. The fourth-order valence-electron chi connectivity index (χ4n) is 5.82. The van der Waals surface area contributed by atoms with E-state index in [2.05, 4.69) is 16.4 Å². The molecule has 1 spiro atoms. The Bertz CT molecular complexity index is 1390. The van der Waals surface area contributed by atoms with Crippen LogP contribution in [0.2, 0.25) is 0 Å². The number of benzene rings is 2. The predicted molar refractivity (Wildman–Crippen MR) is 133 cm³/mol. The standard InChI is InChI=1S/C28H27N3O5/c1-2-35-27(34)17-6-5-7-19(14-17)30-25(32)23-22-10-12-28(36-22)16-31(26(33)24(23)28)13-11-18-15-29-21-9-4-3-8-20(18)21/h3-10,12,14-15,22-24,29H,2,11,13,16H2,1H3,(H,30,32)/t22-,23+,24+,28+/m1/s1. The lowest BCUT2D eigenvalue weighted by atomic mass is 9.76. The summed E-state index contributed by atoms with van der Waals surface area (Å²) in [5.41, 5.74) is 2.30. The van der Waals surface area contributed by atoms with Crippen molar-refractivity contribution in [1.82, 2.24) is 9.88 Å². The number of nitrogens with one attached hydrogen (secondary N) is 2. The van der Waals surface area contributed by atoms with E-state index < -0.39 is 29.5 Å². The SMILES string of the molecule is CCOC(=O)c1cccc(NC(=O)[C@@H]2[C@H]3C(=O)N(CCc4c[nH]c5ccccc45)C[C@@]34C=C[C@H]2O4)c1. The summed E-state index contributed by atoms with van der Waals surface area (Å²) >= 11 is 0. The van der Waals surface area contributed by atoms with Gasteiger partial charge in [0, 0.05) is 29.3 Å². The van der Waals surface area contributed by atoms with E-state index >= 15 is 0 Å². The van der Waals surface area contributed by atoms with Gasteiger partial charge in [0.1, 0.15) is 5.60 Å². The monoisotopic (exact) mass is 485 g/mol. The maximum absolute atomic E-state index is 13.5. The Hall–Kier alpha value is -3.91. The molecule has 2 aromatic carbocycles. The summed E-state index contributed by atoms with van der Waals surface area (Å²) in [5, 5.41) is 4.04. The lowest BCUT2D eigenvalue weighted by Gasteiger charge is -2.23. The number of aromatic nitrogens is 1. The molecule has 0 radical (unpaired) electrons. The van der Waals surface area contributed by atoms with Crippen molar-refractivity contribution in [3.8, 4) is 0 Å². The average molecular weight is 486 g/mol. The van der Waals surface area contributed by atoms with E-state index in [0.717, 1.165) is 16.5 Å². The molecule has 4 atom stereocenters. The number of carbonyl (C=O) groups is 3. The van der Waals surface area contributed by atoms with Crippen molar-refractivity contribution in [1.29, 1.82) is 0 Å². The van der Waals surface area contributed by atoms with Gasteiger partial charge < -0.3 is 24.7 Å². The number of nitrogens with zero attached hydrogens (tertiary/aromatic N) is 1. The van der Waals surface area contributed by atoms with Gasteiger partial charge in [-0.25, -0.2) is 4.79 Å². The number of fused-ring (bicyclic) bond motifs is 2. The molecule has 3 aliphatic rings. The summed E-state index contributed by atoms with van der Waals surface area (Å²) in [6.45, 7) is 3.00. The number of rotatable bonds is 7. The Morgan fingerprint density at radius 2 is 2.08 bits per heavy atom. The number of hydrogen-bond donors (Lipinski definition) is 2. The highest BCUT2D eigenvalue weighted by molar-refractivity contribution is 6.00. The fourth-order valence-corrected chi connectivity index (χ4v) is 5.82. The summed E-state index contributed by atoms with van der Waals surface area (Å²) in [6, 6.07) is 14.7. The average Bonchev–Trinajstić information content (AvgIpc) is 3.63. The van der Waals surface area contributed by atoms with Crippen molar-refractivity contribution >= 4 is 34.4 Å². The van der Waals surface area contributed by atoms with Crippen LogP contribution in [0.15, 0.2) is 66.9 Å². The van der Waals surface area contributed by atoms with E-state index in [1.807, 2.05) is 41.4 Å². The van der Waals surface area contributed by atoms with Crippen molar-refractivity contribution in [2.24, 2.45) is 11.8 Å². The van der Waals surface area contributed by atoms with Crippen molar-refractivity contribution < 1.29 is 23.9 Å². The topological polar surface area (TPSA) is 101 Å². The second kappa shape index (κ2) is 8.64. The van der Waals surface area contributed by atoms with E-state index in [-0.39, 0.29) is 18.4 Å². The second-order valence-electron chi connectivity index (χ2n) is 9.56. The molecule has 2 N–H and O–H groups in total. The Labute approximate surface area is 208 Å². The van der Waals surface area contributed by atoms with Crippen LogP contribution in [0.1, 0.15) is 22.8 Å². The Morgan fingerprint density at radius 1 is 1.22 bits per heavy atom. The highest BCUT2D eigenvalue weighted by atomic mass is 16.5. The molecule has 2 amide bonds. The normalized spacial score (nSPS) is 26.0. The molecule has 8 heteroatoms. The number of para-hydroxylation sites is 1. The summed E-state index contributed by atoms with van der Waals surface area (Å²) in [6.07, 6.45) is 6.11. The predicted octanol–water partition coefficient (Wildman–Crippen LogP) is 3.31. The van der Waals surface area contributed by atoms with Crippen molar-refractivity contribution in [3.63, 3.8) is 0 Å². The summed E-state index contributed by atoms with van der Waals surface area (Å²) in [5.74, 6) is -1.99. The first-order valence-corrected chi connectivity index (χ1v) is 12.3. The number of esters is 1. The Morgan fingerprint density at radius 3 is 2.94 bits per heavy atom. The third-order valence-corrected chi connectivity index (χ3v) is 7.45. The van der Waals surface area contributed by atoms with Crippen LogP contribution < -0.4 is 5.32 Å². The smallest absolute Gasteiger partial charge is 0.338 e. The highest BCUT2D eigenvalue weighted by Gasteiger charge is 2.66. The van der Waals surface area contributed by atoms with Gasteiger partial charge in [-0.15, -0.1) is 0 Å². The molecule has 36 heavy (non-hydrogen) atoms. The number of aromatic amines is 1. The minimum absolute atomic E-state index is 0.0536. The van der Waals surface area contributed by atoms with Crippen LogP contribution in [-0.4, -0.2) is 59.1 Å². The minimum Gasteiger partial charge on any atom is -0.462 e. The maximum Gasteiger partial charge on any atom is 0.338 e. The van der Waals surface area contributed by atoms with Gasteiger partial charge in [0.25, 0.3) is 0 Å². The van der Waals surface area contributed by atoms with Gasteiger partial charge in [-0.05, 0) is 43.2 Å². The summed E-state index contributed by atoms with van der Waals surface area (Å²) < 4.78 is 11.3. The van der Waals surface area contributed by atoms with Crippen molar-refractivity contribution in [2.45, 2.75) is 25.0 Å². The third kappa shape index (κ3) is 3.60. The molecule has 2 fully saturated rings. The third-order valence-electron chi connectivity index (χ3n) is 7.45. The van der Waals surface area contributed by atoms with E-state index in [1.165, 1.54) is 0 Å². The number of ether oxygens (including phenoxy) is 2. The van der Waals surface area contributed by atoms with E-state index in [9.17, 15) is 14.4 Å². The molecular weight excluding hydrogens is 458 g/mol. The maximum atomic E-state index is 13.5. The highest BCUT2D eigenvalue weighted by Crippen LogP contribution is 2.52. The molecule has 1 aromatic heterocycles. The number of likely N-dealkylation sites (tertiary alicyclic amines) is 1. The number of anilines is 1. The van der Waals surface area contributed by atoms with Crippen LogP contribution >= 0.6 is 0 Å². The number of H-pyrrole nitrogens is 1. The molecule has 6 rings (SSSR count). The van der Waals surface area contributed by atoms with Crippen molar-refractivity contribution in [2.75, 3.05) is 25.0 Å². The van der Waals surface area contributed by atoms with Crippen molar-refractivity contribution in [3.05, 3.63) is 78.0 Å². The van der Waals surface area contributed by atoms with E-state index in [4.69, 9.17) is 9.47 Å². The first kappa shape index (κ1) is 22.5. The molecule has 2 saturated heterocycles. The molecule has 2 bridgehead atoms. The molecule has 4 heterocycles. The van der Waals surface area contributed by atoms with Gasteiger partial charge >= 0.3 is 5.97 Å². The van der Waals surface area contributed by atoms with Gasteiger partial charge in [-0.2, -0.15) is 0 Å². The molecule has 0 unspecified atom stereocenters. The molecular formula is C28H27N3O5. The molecule has 0 saturated carbocycles. The molecule has 3 aromatic rings. The van der Waals surface area contributed by atoms with Crippen LogP contribution in [0, 0.1) is 11.8 Å². The van der Waals surface area contributed by atoms with Crippen LogP contribution in [0.5, 0.6) is 0 Å². The van der Waals surface area contributed by atoms with Crippen LogP contribution in [0.4, 0.5) is 5.69 Å². The largest absolute Gasteiger partial charge is 0.462 e. The van der Waals surface area contributed by atoms with E-state index in [1.54, 1.807) is 31.2 Å². The summed E-state index contributed by atoms with van der Waals surface area (Å²) in [7, 11) is 0. The first-order chi connectivity index (χ1) is 17.5. The Kier molecular flexibility index (Phi) is 5.41. The second-order valence-corrected chi connectivity index (χ2v) is 9.56. The van der Waals surface area contributed by atoms with Gasteiger partial charge in [-0.1, -0.05) is 36.4 Å². The van der Waals surface area contributed by atoms with Crippen LogP contribution in [0.25, 0.3) is 10.9 Å². The zero-order chi connectivity index (χ0) is 24.9. The lowest BCUT2D eigenvalue weighted by Crippen LogP contribution is -2.41. The Balaban J connectivity index is 1.17. The zero-order valence-electron chi connectivity index (χ0n) is 19.9.